The van der Waals surface area contributed by atoms with Gasteiger partial charge in [-0.15, -0.1) is 11.8 Å². The van der Waals surface area contributed by atoms with E-state index in [9.17, 15) is 4.79 Å². The van der Waals surface area contributed by atoms with E-state index in [2.05, 4.69) is 22.8 Å². The minimum atomic E-state index is -0.150. The van der Waals surface area contributed by atoms with Gasteiger partial charge >= 0.3 is 6.03 Å². The van der Waals surface area contributed by atoms with E-state index >= 15 is 0 Å². The molecule has 0 aromatic heterocycles. The molecular weight excluding hydrogens is 308 g/mol. The van der Waals surface area contributed by atoms with Crippen LogP contribution in [0.2, 0.25) is 0 Å². The molecule has 4 nitrogen and oxygen atoms in total. The number of amides is 2. The summed E-state index contributed by atoms with van der Waals surface area (Å²) in [5, 5.41) is 5.99. The topological polar surface area (TPSA) is 50.4 Å². The third-order valence-corrected chi connectivity index (χ3v) is 5.02. The first-order valence-corrected chi connectivity index (χ1v) is 8.64. The Morgan fingerprint density at radius 3 is 2.87 bits per heavy atom. The van der Waals surface area contributed by atoms with Gasteiger partial charge in [0.05, 0.1) is 13.2 Å². The zero-order chi connectivity index (χ0) is 16.1. The molecule has 2 aromatic carbocycles. The van der Waals surface area contributed by atoms with Crippen LogP contribution >= 0.6 is 11.8 Å². The number of benzene rings is 2. The first kappa shape index (κ1) is 15.7. The van der Waals surface area contributed by atoms with Crippen LogP contribution in [0.4, 0.5) is 4.79 Å². The lowest BCUT2D eigenvalue weighted by Gasteiger charge is -2.26. The van der Waals surface area contributed by atoms with Crippen molar-refractivity contribution in [2.45, 2.75) is 23.9 Å². The monoisotopic (exact) mass is 328 g/mol. The van der Waals surface area contributed by atoms with Crippen LogP contribution in [-0.4, -0.2) is 18.9 Å². The van der Waals surface area contributed by atoms with Crippen LogP contribution in [0.15, 0.2) is 53.4 Å². The van der Waals surface area contributed by atoms with E-state index in [1.165, 1.54) is 10.5 Å². The van der Waals surface area contributed by atoms with Crippen LogP contribution in [0.1, 0.15) is 23.6 Å². The first-order chi connectivity index (χ1) is 11.3. The second-order valence-corrected chi connectivity index (χ2v) is 6.50. The molecule has 120 valence electrons. The van der Waals surface area contributed by atoms with E-state index in [4.69, 9.17) is 4.74 Å². The maximum absolute atomic E-state index is 12.2. The van der Waals surface area contributed by atoms with Crippen molar-refractivity contribution >= 4 is 17.8 Å². The summed E-state index contributed by atoms with van der Waals surface area (Å²) in [5.74, 6) is 1.81. The molecule has 1 atom stereocenters. The fourth-order valence-electron chi connectivity index (χ4n) is 2.73. The molecule has 1 aliphatic heterocycles. The van der Waals surface area contributed by atoms with Crippen molar-refractivity contribution < 1.29 is 9.53 Å². The molecule has 0 saturated carbocycles. The second-order valence-electron chi connectivity index (χ2n) is 5.37. The molecule has 3 rings (SSSR count). The summed E-state index contributed by atoms with van der Waals surface area (Å²) in [6.45, 7) is 0.443. The van der Waals surface area contributed by atoms with Gasteiger partial charge in [0.2, 0.25) is 0 Å². The molecule has 1 heterocycles. The second kappa shape index (κ2) is 7.42. The van der Waals surface area contributed by atoms with Gasteiger partial charge in [-0.05, 0) is 24.1 Å². The number of hydrogen-bond donors (Lipinski definition) is 2. The minimum Gasteiger partial charge on any atom is -0.496 e. The van der Waals surface area contributed by atoms with Gasteiger partial charge in [-0.3, -0.25) is 0 Å². The van der Waals surface area contributed by atoms with Gasteiger partial charge < -0.3 is 15.4 Å². The molecule has 2 N–H and O–H groups in total. The largest absolute Gasteiger partial charge is 0.496 e. The molecule has 2 aromatic rings. The van der Waals surface area contributed by atoms with Crippen molar-refractivity contribution in [3.8, 4) is 5.75 Å². The van der Waals surface area contributed by atoms with E-state index in [-0.39, 0.29) is 12.1 Å². The van der Waals surface area contributed by atoms with Gasteiger partial charge in [0.15, 0.2) is 0 Å². The van der Waals surface area contributed by atoms with Crippen molar-refractivity contribution in [3.63, 3.8) is 0 Å². The first-order valence-electron chi connectivity index (χ1n) is 7.66. The van der Waals surface area contributed by atoms with Crippen molar-refractivity contribution in [2.24, 2.45) is 0 Å². The Morgan fingerprint density at radius 2 is 2.00 bits per heavy atom. The Morgan fingerprint density at radius 1 is 1.22 bits per heavy atom. The zero-order valence-corrected chi connectivity index (χ0v) is 13.9. The molecule has 0 aliphatic carbocycles. The van der Waals surface area contributed by atoms with E-state index in [1.807, 2.05) is 48.2 Å². The van der Waals surface area contributed by atoms with E-state index in [1.54, 1.807) is 7.11 Å². The molecule has 0 radical (unpaired) electrons. The lowest BCUT2D eigenvalue weighted by molar-refractivity contribution is 0.236. The fraction of sp³-hybridized carbons (Fsp3) is 0.278. The van der Waals surface area contributed by atoms with Crippen molar-refractivity contribution in [1.29, 1.82) is 0 Å². The van der Waals surface area contributed by atoms with Crippen LogP contribution < -0.4 is 15.4 Å². The van der Waals surface area contributed by atoms with Crippen LogP contribution in [-0.2, 0) is 6.54 Å². The molecule has 5 heteroatoms. The van der Waals surface area contributed by atoms with Gasteiger partial charge in [-0.1, -0.05) is 36.4 Å². The summed E-state index contributed by atoms with van der Waals surface area (Å²) in [6.07, 6.45) is 0.948. The number of nitrogens with one attached hydrogen (secondary N) is 2. The maximum atomic E-state index is 12.2. The maximum Gasteiger partial charge on any atom is 0.315 e. The molecule has 0 unspecified atom stereocenters. The van der Waals surface area contributed by atoms with Gasteiger partial charge in [0, 0.05) is 22.8 Å². The van der Waals surface area contributed by atoms with Crippen LogP contribution in [0.25, 0.3) is 0 Å². The summed E-state index contributed by atoms with van der Waals surface area (Å²) in [6, 6.07) is 15.9. The lowest BCUT2D eigenvalue weighted by atomic mass is 10.0. The van der Waals surface area contributed by atoms with Crippen molar-refractivity contribution in [2.75, 3.05) is 12.9 Å². The number of methoxy groups -OCH3 is 1. The van der Waals surface area contributed by atoms with Gasteiger partial charge in [-0.25, -0.2) is 4.79 Å². The molecule has 0 spiro atoms. The Labute approximate surface area is 140 Å². The van der Waals surface area contributed by atoms with E-state index in [0.29, 0.717) is 6.54 Å². The average molecular weight is 328 g/mol. The smallest absolute Gasteiger partial charge is 0.315 e. The number of carbonyl (C=O) groups excluding carboxylic acids is 1. The Bertz CT molecular complexity index is 690. The molecule has 23 heavy (non-hydrogen) atoms. The molecule has 2 amide bonds. The summed E-state index contributed by atoms with van der Waals surface area (Å²) >= 11 is 1.85. The molecule has 0 bridgehead atoms. The quantitative estimate of drug-likeness (QED) is 0.899. The predicted molar refractivity (Wildman–Crippen MR) is 92.9 cm³/mol. The predicted octanol–water partition coefficient (Wildman–Crippen LogP) is 3.73. The van der Waals surface area contributed by atoms with Crippen LogP contribution in [0.5, 0.6) is 5.75 Å². The van der Waals surface area contributed by atoms with E-state index in [0.717, 1.165) is 23.5 Å². The number of thioether (sulfide) groups is 1. The van der Waals surface area contributed by atoms with Gasteiger partial charge in [-0.2, -0.15) is 0 Å². The van der Waals surface area contributed by atoms with Crippen LogP contribution in [0, 0.1) is 0 Å². The minimum absolute atomic E-state index is 0.0742. The Hall–Kier alpha value is -2.14. The molecule has 0 saturated heterocycles. The number of fused-ring (bicyclic) bond motifs is 1. The van der Waals surface area contributed by atoms with Crippen molar-refractivity contribution in [3.05, 3.63) is 59.7 Å². The number of para-hydroxylation sites is 1. The normalized spacial score (nSPS) is 16.3. The highest BCUT2D eigenvalue weighted by molar-refractivity contribution is 7.99. The number of carbonyl (C=O) groups is 1. The molecule has 0 fully saturated rings. The Balaban J connectivity index is 1.60. The number of ether oxygens (including phenoxy) is 1. The molecular formula is C18H20N2O2S. The van der Waals surface area contributed by atoms with Crippen LogP contribution in [0.3, 0.4) is 0 Å². The van der Waals surface area contributed by atoms with E-state index < -0.39 is 0 Å². The summed E-state index contributed by atoms with van der Waals surface area (Å²) in [7, 11) is 1.63. The number of urea groups is 1. The summed E-state index contributed by atoms with van der Waals surface area (Å²) < 4.78 is 5.30. The number of rotatable bonds is 4. The standard InChI is InChI=1S/C18H20N2O2S/c1-22-16-8-4-2-6-13(16)12-19-18(21)20-15-10-11-23-17-9-5-3-7-14(15)17/h2-9,15H,10-12H2,1H3,(H2,19,20,21)/t15-/m1/s1. The van der Waals surface area contributed by atoms with Gasteiger partial charge in [0.1, 0.15) is 5.75 Å². The highest BCUT2D eigenvalue weighted by Crippen LogP contribution is 2.35. The third kappa shape index (κ3) is 3.79. The van der Waals surface area contributed by atoms with Crippen molar-refractivity contribution in [1.82, 2.24) is 10.6 Å². The molecule has 1 aliphatic rings. The SMILES string of the molecule is COc1ccccc1CNC(=O)N[C@@H]1CCSc2ccccc21. The third-order valence-electron chi connectivity index (χ3n) is 3.90. The summed E-state index contributed by atoms with van der Waals surface area (Å²) in [5.41, 5.74) is 2.17. The average Bonchev–Trinajstić information content (AvgIpc) is 2.60. The fourth-order valence-corrected chi connectivity index (χ4v) is 3.85. The number of hydrogen-bond acceptors (Lipinski definition) is 3. The van der Waals surface area contributed by atoms with Gasteiger partial charge in [0.25, 0.3) is 0 Å². The highest BCUT2D eigenvalue weighted by atomic mass is 32.2. The lowest BCUT2D eigenvalue weighted by Crippen LogP contribution is -2.38. The summed E-state index contributed by atoms with van der Waals surface area (Å²) in [4.78, 5) is 13.5. The zero-order valence-electron chi connectivity index (χ0n) is 13.0. The highest BCUT2D eigenvalue weighted by Gasteiger charge is 2.21. The Kier molecular flexibility index (Phi) is 5.08.